The zero-order chi connectivity index (χ0) is 13.0. The molecular weight excluding hydrogens is 328 g/mol. The van der Waals surface area contributed by atoms with Crippen molar-refractivity contribution in [2.24, 2.45) is 5.84 Å². The summed E-state index contributed by atoms with van der Waals surface area (Å²) in [6.07, 6.45) is 0. The molecule has 1 unspecified atom stereocenters. The fourth-order valence-corrected chi connectivity index (χ4v) is 4.20. The van der Waals surface area contributed by atoms with E-state index in [4.69, 9.17) is 5.84 Å². The number of hydrogen-bond acceptors (Lipinski definition) is 4. The highest BCUT2D eigenvalue weighted by molar-refractivity contribution is 9.10. The monoisotopic (exact) mass is 342 g/mol. The first-order chi connectivity index (χ1) is 8.69. The highest BCUT2D eigenvalue weighted by Crippen LogP contribution is 2.29. The van der Waals surface area contributed by atoms with Crippen LogP contribution in [0.15, 0.2) is 45.8 Å². The number of benzene rings is 1. The van der Waals surface area contributed by atoms with Crippen LogP contribution in [-0.2, 0) is 0 Å². The average Bonchev–Trinajstić information content (AvgIpc) is 2.77. The van der Waals surface area contributed by atoms with Gasteiger partial charge in [-0.1, -0.05) is 22.0 Å². The molecule has 0 bridgehead atoms. The van der Waals surface area contributed by atoms with E-state index in [1.165, 1.54) is 14.6 Å². The summed E-state index contributed by atoms with van der Waals surface area (Å²) < 4.78 is 1.11. The number of nitrogens with one attached hydrogen (secondary N) is 1. The maximum Gasteiger partial charge on any atom is 0.0647 e. The topological polar surface area (TPSA) is 38.0 Å². The van der Waals surface area contributed by atoms with E-state index in [0.29, 0.717) is 0 Å². The minimum absolute atomic E-state index is 0.202. The molecule has 0 aliphatic heterocycles. The summed E-state index contributed by atoms with van der Waals surface area (Å²) in [7, 11) is 0. The summed E-state index contributed by atoms with van der Waals surface area (Å²) in [6.45, 7) is 2.11. The maximum absolute atomic E-state index is 5.64. The lowest BCUT2D eigenvalue weighted by molar-refractivity contribution is 0.620. The van der Waals surface area contributed by atoms with Gasteiger partial charge in [-0.05, 0) is 37.3 Å². The van der Waals surface area contributed by atoms with Crippen molar-refractivity contribution >= 4 is 39.0 Å². The zero-order valence-corrected chi connectivity index (χ0v) is 13.2. The molecule has 0 amide bonds. The molecule has 0 saturated carbocycles. The van der Waals surface area contributed by atoms with E-state index in [2.05, 4.69) is 52.5 Å². The first-order valence-electron chi connectivity index (χ1n) is 5.60. The highest BCUT2D eigenvalue weighted by atomic mass is 79.9. The van der Waals surface area contributed by atoms with E-state index >= 15 is 0 Å². The molecule has 3 N–H and O–H groups in total. The highest BCUT2D eigenvalue weighted by Gasteiger charge is 2.12. The Hall–Kier alpha value is -0.330. The second-order valence-electron chi connectivity index (χ2n) is 3.94. The predicted octanol–water partition coefficient (Wildman–Crippen LogP) is 4.12. The van der Waals surface area contributed by atoms with Crippen molar-refractivity contribution in [1.82, 2.24) is 5.43 Å². The van der Waals surface area contributed by atoms with Gasteiger partial charge in [0.1, 0.15) is 0 Å². The van der Waals surface area contributed by atoms with E-state index < -0.39 is 0 Å². The van der Waals surface area contributed by atoms with Crippen LogP contribution >= 0.6 is 39.0 Å². The molecule has 2 rings (SSSR count). The average molecular weight is 343 g/mol. The lowest BCUT2D eigenvalue weighted by atomic mass is 10.3. The third-order valence-electron chi connectivity index (χ3n) is 2.52. The summed E-state index contributed by atoms with van der Waals surface area (Å²) in [5.41, 5.74) is 2.89. The number of aryl methyl sites for hydroxylation is 1. The van der Waals surface area contributed by atoms with Gasteiger partial charge < -0.3 is 0 Å². The molecule has 96 valence electrons. The Kier molecular flexibility index (Phi) is 5.26. The van der Waals surface area contributed by atoms with Crippen molar-refractivity contribution in [2.75, 3.05) is 5.75 Å². The van der Waals surface area contributed by atoms with Crippen molar-refractivity contribution in [3.63, 3.8) is 0 Å². The molecule has 2 nitrogen and oxygen atoms in total. The fourth-order valence-electron chi connectivity index (χ4n) is 1.59. The van der Waals surface area contributed by atoms with Crippen LogP contribution in [0.3, 0.4) is 0 Å². The number of nitrogens with two attached hydrogens (primary N) is 1. The van der Waals surface area contributed by atoms with E-state index in [0.717, 1.165) is 10.2 Å². The van der Waals surface area contributed by atoms with Crippen molar-refractivity contribution in [3.05, 3.63) is 50.6 Å². The third-order valence-corrected chi connectivity index (χ3v) is 5.21. The Balaban J connectivity index is 1.99. The van der Waals surface area contributed by atoms with Crippen LogP contribution in [-0.4, -0.2) is 5.75 Å². The number of hydrazine groups is 1. The van der Waals surface area contributed by atoms with Crippen molar-refractivity contribution in [3.8, 4) is 0 Å². The lowest BCUT2D eigenvalue weighted by Gasteiger charge is -2.13. The summed E-state index contributed by atoms with van der Waals surface area (Å²) >= 11 is 7.08. The molecule has 0 aliphatic carbocycles. The SMILES string of the molecule is Cc1ccc(C(CSc2cccc(Br)c2)NN)s1. The van der Waals surface area contributed by atoms with Gasteiger partial charge in [-0.2, -0.15) is 0 Å². The number of thiophene rings is 1. The fraction of sp³-hybridized carbons (Fsp3) is 0.231. The van der Waals surface area contributed by atoms with Crippen molar-refractivity contribution in [1.29, 1.82) is 0 Å². The molecule has 1 aromatic heterocycles. The first-order valence-corrected chi connectivity index (χ1v) is 8.19. The van der Waals surface area contributed by atoms with Crippen molar-refractivity contribution < 1.29 is 0 Å². The zero-order valence-electron chi connectivity index (χ0n) is 10.0. The van der Waals surface area contributed by atoms with Gasteiger partial charge in [0.2, 0.25) is 0 Å². The van der Waals surface area contributed by atoms with Gasteiger partial charge in [0.15, 0.2) is 0 Å². The Morgan fingerprint density at radius 1 is 1.39 bits per heavy atom. The first kappa shape index (κ1) is 14.1. The van der Waals surface area contributed by atoms with Gasteiger partial charge in [0, 0.05) is 24.9 Å². The largest absolute Gasteiger partial charge is 0.271 e. The summed E-state index contributed by atoms with van der Waals surface area (Å²) in [5, 5.41) is 0. The van der Waals surface area contributed by atoms with Crippen LogP contribution in [0.2, 0.25) is 0 Å². The molecule has 1 heterocycles. The molecule has 0 spiro atoms. The lowest BCUT2D eigenvalue weighted by Crippen LogP contribution is -2.29. The smallest absolute Gasteiger partial charge is 0.0647 e. The summed E-state index contributed by atoms with van der Waals surface area (Å²) in [4.78, 5) is 3.85. The van der Waals surface area contributed by atoms with Gasteiger partial charge in [0.05, 0.1) is 6.04 Å². The second-order valence-corrected chi connectivity index (χ2v) is 7.26. The van der Waals surface area contributed by atoms with E-state index in [1.54, 1.807) is 23.1 Å². The molecule has 0 aliphatic rings. The van der Waals surface area contributed by atoms with Gasteiger partial charge >= 0.3 is 0 Å². The van der Waals surface area contributed by atoms with Crippen LogP contribution in [0.5, 0.6) is 0 Å². The van der Waals surface area contributed by atoms with Gasteiger partial charge in [-0.3, -0.25) is 11.3 Å². The molecule has 2 aromatic rings. The van der Waals surface area contributed by atoms with Crippen LogP contribution in [0.1, 0.15) is 15.8 Å². The Morgan fingerprint density at radius 3 is 2.83 bits per heavy atom. The number of rotatable bonds is 5. The molecule has 0 fully saturated rings. The summed E-state index contributed by atoms with van der Waals surface area (Å²) in [6, 6.07) is 12.8. The van der Waals surface area contributed by atoms with Gasteiger partial charge in [-0.15, -0.1) is 23.1 Å². The quantitative estimate of drug-likeness (QED) is 0.487. The molecule has 1 aromatic carbocycles. The molecule has 0 radical (unpaired) electrons. The van der Waals surface area contributed by atoms with Gasteiger partial charge in [0.25, 0.3) is 0 Å². The summed E-state index contributed by atoms with van der Waals surface area (Å²) in [5.74, 6) is 6.57. The molecule has 18 heavy (non-hydrogen) atoms. The molecule has 0 saturated heterocycles. The number of thioether (sulfide) groups is 1. The van der Waals surface area contributed by atoms with E-state index in [9.17, 15) is 0 Å². The van der Waals surface area contributed by atoms with Crippen LogP contribution in [0.4, 0.5) is 0 Å². The van der Waals surface area contributed by atoms with E-state index in [-0.39, 0.29) is 6.04 Å². The Labute approximate surface area is 124 Å². The maximum atomic E-state index is 5.64. The number of hydrogen-bond donors (Lipinski definition) is 2. The molecule has 5 heteroatoms. The van der Waals surface area contributed by atoms with Crippen LogP contribution in [0, 0.1) is 6.92 Å². The predicted molar refractivity (Wildman–Crippen MR) is 84.0 cm³/mol. The molecular formula is C13H15BrN2S2. The minimum Gasteiger partial charge on any atom is -0.271 e. The number of halogens is 1. The molecule has 1 atom stereocenters. The Morgan fingerprint density at radius 2 is 2.22 bits per heavy atom. The van der Waals surface area contributed by atoms with Crippen LogP contribution in [0.25, 0.3) is 0 Å². The normalized spacial score (nSPS) is 12.6. The van der Waals surface area contributed by atoms with Crippen LogP contribution < -0.4 is 11.3 Å². The van der Waals surface area contributed by atoms with E-state index in [1.807, 2.05) is 12.1 Å². The minimum atomic E-state index is 0.202. The van der Waals surface area contributed by atoms with Gasteiger partial charge in [-0.25, -0.2) is 0 Å². The standard InChI is InChI=1S/C13H15BrN2S2/c1-9-5-6-13(18-9)12(16-15)8-17-11-4-2-3-10(14)7-11/h2-7,12,16H,8,15H2,1H3. The third kappa shape index (κ3) is 3.83. The Bertz CT molecular complexity index is 513. The second kappa shape index (κ2) is 6.73. The van der Waals surface area contributed by atoms with Crippen molar-refractivity contribution in [2.45, 2.75) is 17.9 Å².